The van der Waals surface area contributed by atoms with Crippen LogP contribution in [0.4, 0.5) is 11.4 Å². The van der Waals surface area contributed by atoms with Crippen molar-refractivity contribution in [1.82, 2.24) is 14.8 Å². The summed E-state index contributed by atoms with van der Waals surface area (Å²) in [6.07, 6.45) is 2.51. The number of nitrogens with zero attached hydrogens (tertiary/aromatic N) is 3. The van der Waals surface area contributed by atoms with Gasteiger partial charge in [0.1, 0.15) is 17.9 Å². The Morgan fingerprint density at radius 2 is 2.26 bits per heavy atom. The summed E-state index contributed by atoms with van der Waals surface area (Å²) in [6, 6.07) is 5.69. The first-order valence-electron chi connectivity index (χ1n) is 6.29. The van der Waals surface area contributed by atoms with Crippen LogP contribution in [-0.2, 0) is 13.5 Å². The molecule has 0 fully saturated rings. The number of hydrogen-bond acceptors (Lipinski definition) is 5. The van der Waals surface area contributed by atoms with Crippen molar-refractivity contribution in [3.63, 3.8) is 0 Å². The van der Waals surface area contributed by atoms with Crippen LogP contribution >= 0.6 is 0 Å². The summed E-state index contributed by atoms with van der Waals surface area (Å²) in [5.41, 5.74) is 7.47. The van der Waals surface area contributed by atoms with Crippen molar-refractivity contribution < 1.29 is 4.74 Å². The third kappa shape index (κ3) is 3.37. The zero-order valence-corrected chi connectivity index (χ0v) is 11.3. The zero-order chi connectivity index (χ0) is 13.7. The third-order valence-corrected chi connectivity index (χ3v) is 2.80. The number of rotatable bonds is 6. The molecule has 0 aliphatic rings. The summed E-state index contributed by atoms with van der Waals surface area (Å²) in [6.45, 7) is 3.32. The van der Waals surface area contributed by atoms with E-state index in [2.05, 4.69) is 15.5 Å². The van der Waals surface area contributed by atoms with Crippen molar-refractivity contribution >= 4 is 11.4 Å². The molecule has 0 saturated heterocycles. The van der Waals surface area contributed by atoms with E-state index in [1.807, 2.05) is 36.7 Å². The van der Waals surface area contributed by atoms with Gasteiger partial charge in [0.15, 0.2) is 0 Å². The molecular weight excluding hydrogens is 242 g/mol. The smallest absolute Gasteiger partial charge is 0.144 e. The van der Waals surface area contributed by atoms with Crippen molar-refractivity contribution in [3.8, 4) is 5.75 Å². The molecule has 6 heteroatoms. The van der Waals surface area contributed by atoms with Gasteiger partial charge in [-0.2, -0.15) is 0 Å². The number of hydrogen-bond donors (Lipinski definition) is 2. The maximum absolute atomic E-state index is 5.83. The molecule has 0 saturated carbocycles. The van der Waals surface area contributed by atoms with E-state index in [-0.39, 0.29) is 0 Å². The van der Waals surface area contributed by atoms with Crippen LogP contribution in [0.5, 0.6) is 5.75 Å². The minimum Gasteiger partial charge on any atom is -0.492 e. The predicted molar refractivity (Wildman–Crippen MR) is 75.2 cm³/mol. The summed E-state index contributed by atoms with van der Waals surface area (Å²) in [7, 11) is 1.94. The summed E-state index contributed by atoms with van der Waals surface area (Å²) in [4.78, 5) is 0. The highest BCUT2D eigenvalue weighted by Crippen LogP contribution is 2.25. The van der Waals surface area contributed by atoms with Crippen LogP contribution in [0.3, 0.4) is 0 Å². The fraction of sp³-hybridized carbons (Fsp3) is 0.385. The van der Waals surface area contributed by atoms with Gasteiger partial charge in [0, 0.05) is 31.8 Å². The van der Waals surface area contributed by atoms with E-state index in [9.17, 15) is 0 Å². The predicted octanol–water partition coefficient (Wildman–Crippen LogP) is 1.45. The van der Waals surface area contributed by atoms with Crippen LogP contribution in [0.25, 0.3) is 0 Å². The average Bonchev–Trinajstić information content (AvgIpc) is 2.79. The van der Waals surface area contributed by atoms with Gasteiger partial charge in [-0.15, -0.1) is 10.2 Å². The molecule has 0 radical (unpaired) electrons. The molecule has 0 bridgehead atoms. The van der Waals surface area contributed by atoms with Crippen LogP contribution < -0.4 is 15.8 Å². The maximum atomic E-state index is 5.83. The van der Waals surface area contributed by atoms with E-state index in [0.29, 0.717) is 18.0 Å². The SMILES string of the molecule is CCOc1cc(NCCc2nncn2C)ccc1N. The third-order valence-electron chi connectivity index (χ3n) is 2.80. The molecule has 1 heterocycles. The Morgan fingerprint density at radius 1 is 1.42 bits per heavy atom. The van der Waals surface area contributed by atoms with Crippen molar-refractivity contribution in [2.24, 2.45) is 7.05 Å². The molecule has 19 heavy (non-hydrogen) atoms. The van der Waals surface area contributed by atoms with E-state index in [4.69, 9.17) is 10.5 Å². The zero-order valence-electron chi connectivity index (χ0n) is 11.3. The van der Waals surface area contributed by atoms with Crippen molar-refractivity contribution in [1.29, 1.82) is 0 Å². The largest absolute Gasteiger partial charge is 0.492 e. The van der Waals surface area contributed by atoms with Gasteiger partial charge in [-0.3, -0.25) is 0 Å². The first-order valence-corrected chi connectivity index (χ1v) is 6.29. The highest BCUT2D eigenvalue weighted by Gasteiger charge is 2.03. The Bertz CT molecular complexity index is 538. The van der Waals surface area contributed by atoms with Gasteiger partial charge in [-0.1, -0.05) is 0 Å². The Balaban J connectivity index is 1.92. The number of nitrogen functional groups attached to an aromatic ring is 1. The van der Waals surface area contributed by atoms with Gasteiger partial charge in [0.25, 0.3) is 0 Å². The normalized spacial score (nSPS) is 10.4. The van der Waals surface area contributed by atoms with E-state index in [1.54, 1.807) is 6.33 Å². The molecule has 1 aromatic carbocycles. The standard InChI is InChI=1S/C13H19N5O/c1-3-19-12-8-10(4-5-11(12)14)15-7-6-13-17-16-9-18(13)2/h4-5,8-9,15H,3,6-7,14H2,1-2H3. The number of nitrogens with one attached hydrogen (secondary N) is 1. The molecule has 1 aromatic heterocycles. The first-order chi connectivity index (χ1) is 9.20. The van der Waals surface area contributed by atoms with Crippen LogP contribution in [0, 0.1) is 0 Å². The van der Waals surface area contributed by atoms with Gasteiger partial charge in [0.05, 0.1) is 12.3 Å². The van der Waals surface area contributed by atoms with Crippen molar-refractivity contribution in [3.05, 3.63) is 30.4 Å². The summed E-state index contributed by atoms with van der Waals surface area (Å²) < 4.78 is 7.37. The van der Waals surface area contributed by atoms with E-state index in [0.717, 1.165) is 24.5 Å². The Labute approximate surface area is 112 Å². The number of aryl methyl sites for hydroxylation is 1. The summed E-state index contributed by atoms with van der Waals surface area (Å²) >= 11 is 0. The second-order valence-corrected chi connectivity index (χ2v) is 4.22. The first kappa shape index (κ1) is 13.2. The second-order valence-electron chi connectivity index (χ2n) is 4.22. The monoisotopic (exact) mass is 261 g/mol. The molecule has 0 spiro atoms. The molecule has 2 rings (SSSR count). The summed E-state index contributed by atoms with van der Waals surface area (Å²) in [5, 5.41) is 11.2. The Kier molecular flexibility index (Phi) is 4.22. The Morgan fingerprint density at radius 3 is 2.95 bits per heavy atom. The van der Waals surface area contributed by atoms with Crippen LogP contribution in [-0.4, -0.2) is 27.9 Å². The van der Waals surface area contributed by atoms with Crippen LogP contribution in [0.15, 0.2) is 24.5 Å². The Hall–Kier alpha value is -2.24. The molecule has 0 amide bonds. The lowest BCUT2D eigenvalue weighted by atomic mass is 10.2. The minimum absolute atomic E-state index is 0.604. The molecule has 3 N–H and O–H groups in total. The number of ether oxygens (including phenoxy) is 1. The molecule has 2 aromatic rings. The fourth-order valence-corrected chi connectivity index (χ4v) is 1.78. The van der Waals surface area contributed by atoms with Gasteiger partial charge >= 0.3 is 0 Å². The lowest BCUT2D eigenvalue weighted by molar-refractivity contribution is 0.342. The molecule has 6 nitrogen and oxygen atoms in total. The number of anilines is 2. The van der Waals surface area contributed by atoms with E-state index >= 15 is 0 Å². The fourth-order valence-electron chi connectivity index (χ4n) is 1.78. The van der Waals surface area contributed by atoms with Gasteiger partial charge in [0.2, 0.25) is 0 Å². The molecule has 0 atom stereocenters. The number of nitrogens with two attached hydrogens (primary N) is 1. The van der Waals surface area contributed by atoms with Crippen LogP contribution in [0.1, 0.15) is 12.7 Å². The molecule has 0 aliphatic carbocycles. The highest BCUT2D eigenvalue weighted by molar-refractivity contribution is 5.61. The minimum atomic E-state index is 0.604. The number of aromatic nitrogens is 3. The van der Waals surface area contributed by atoms with Gasteiger partial charge in [-0.25, -0.2) is 0 Å². The second kappa shape index (κ2) is 6.08. The lowest BCUT2D eigenvalue weighted by Crippen LogP contribution is -2.09. The van der Waals surface area contributed by atoms with E-state index < -0.39 is 0 Å². The molecule has 0 aliphatic heterocycles. The lowest BCUT2D eigenvalue weighted by Gasteiger charge is -2.10. The summed E-state index contributed by atoms with van der Waals surface area (Å²) in [5.74, 6) is 1.67. The average molecular weight is 261 g/mol. The van der Waals surface area contributed by atoms with Gasteiger partial charge in [-0.05, 0) is 19.1 Å². The number of benzene rings is 1. The molecular formula is C13H19N5O. The highest BCUT2D eigenvalue weighted by atomic mass is 16.5. The molecule has 102 valence electrons. The quantitative estimate of drug-likeness (QED) is 0.769. The van der Waals surface area contributed by atoms with Crippen molar-refractivity contribution in [2.75, 3.05) is 24.2 Å². The topological polar surface area (TPSA) is 78.0 Å². The molecule has 0 unspecified atom stereocenters. The van der Waals surface area contributed by atoms with Gasteiger partial charge < -0.3 is 20.4 Å². The maximum Gasteiger partial charge on any atom is 0.144 e. The van der Waals surface area contributed by atoms with E-state index in [1.165, 1.54) is 0 Å². The van der Waals surface area contributed by atoms with Crippen LogP contribution in [0.2, 0.25) is 0 Å². The van der Waals surface area contributed by atoms with Crippen molar-refractivity contribution in [2.45, 2.75) is 13.3 Å².